The molecule has 148 valence electrons. The highest BCUT2D eigenvalue weighted by Crippen LogP contribution is 2.14. The second-order valence-corrected chi connectivity index (χ2v) is 6.15. The summed E-state index contributed by atoms with van der Waals surface area (Å²) in [6, 6.07) is 14.0. The lowest BCUT2D eigenvalue weighted by Crippen LogP contribution is -2.23. The first-order valence-corrected chi connectivity index (χ1v) is 9.09. The minimum absolute atomic E-state index is 0.0768. The van der Waals surface area contributed by atoms with Crippen molar-refractivity contribution < 1.29 is 24.2 Å². The third-order valence-corrected chi connectivity index (χ3v) is 3.91. The third-order valence-electron chi connectivity index (χ3n) is 3.91. The van der Waals surface area contributed by atoms with E-state index in [-0.39, 0.29) is 18.2 Å². The summed E-state index contributed by atoms with van der Waals surface area (Å²) in [7, 11) is 0. The van der Waals surface area contributed by atoms with Crippen LogP contribution in [0.25, 0.3) is 0 Å². The molecule has 3 N–H and O–H groups in total. The van der Waals surface area contributed by atoms with Crippen molar-refractivity contribution in [3.05, 3.63) is 59.7 Å². The summed E-state index contributed by atoms with van der Waals surface area (Å²) >= 11 is 0. The number of hydrogen-bond acceptors (Lipinski definition) is 4. The predicted molar refractivity (Wildman–Crippen MR) is 105 cm³/mol. The number of anilines is 1. The maximum atomic E-state index is 12.3. The average Bonchev–Trinajstić information content (AvgIpc) is 2.70. The highest BCUT2D eigenvalue weighted by molar-refractivity contribution is 5.97. The van der Waals surface area contributed by atoms with E-state index in [1.165, 1.54) is 0 Å². The van der Waals surface area contributed by atoms with Crippen LogP contribution in [0.4, 0.5) is 5.69 Å². The van der Waals surface area contributed by atoms with Crippen LogP contribution in [0.15, 0.2) is 48.5 Å². The van der Waals surface area contributed by atoms with Gasteiger partial charge in [0.2, 0.25) is 5.91 Å². The van der Waals surface area contributed by atoms with E-state index in [0.717, 1.165) is 5.56 Å². The van der Waals surface area contributed by atoms with Crippen molar-refractivity contribution in [2.45, 2.75) is 32.7 Å². The molecule has 2 aromatic carbocycles. The molecule has 0 aliphatic carbocycles. The van der Waals surface area contributed by atoms with Crippen LogP contribution in [-0.2, 0) is 16.1 Å². The minimum Gasteiger partial charge on any atom is -0.494 e. The van der Waals surface area contributed by atoms with Crippen molar-refractivity contribution in [3.8, 4) is 5.75 Å². The molecule has 0 aliphatic rings. The number of rotatable bonds is 10. The Morgan fingerprint density at radius 1 is 1.07 bits per heavy atom. The zero-order chi connectivity index (χ0) is 20.4. The van der Waals surface area contributed by atoms with Gasteiger partial charge in [0, 0.05) is 30.6 Å². The Morgan fingerprint density at radius 3 is 2.50 bits per heavy atom. The first kappa shape index (κ1) is 21.0. The van der Waals surface area contributed by atoms with E-state index >= 15 is 0 Å². The van der Waals surface area contributed by atoms with E-state index in [0.29, 0.717) is 43.0 Å². The molecular weight excluding hydrogens is 360 g/mol. The van der Waals surface area contributed by atoms with Gasteiger partial charge in [-0.2, -0.15) is 0 Å². The number of aliphatic carboxylic acids is 1. The first-order valence-electron chi connectivity index (χ1n) is 9.09. The van der Waals surface area contributed by atoms with Crippen LogP contribution in [0.5, 0.6) is 5.75 Å². The van der Waals surface area contributed by atoms with E-state index in [2.05, 4.69) is 10.6 Å². The van der Waals surface area contributed by atoms with Crippen LogP contribution in [0.2, 0.25) is 0 Å². The Kier molecular flexibility index (Phi) is 8.02. The van der Waals surface area contributed by atoms with Gasteiger partial charge in [-0.05, 0) is 42.3 Å². The Labute approximate surface area is 163 Å². The van der Waals surface area contributed by atoms with Gasteiger partial charge < -0.3 is 20.5 Å². The highest BCUT2D eigenvalue weighted by Gasteiger charge is 2.07. The van der Waals surface area contributed by atoms with Gasteiger partial charge in [0.15, 0.2) is 0 Å². The lowest BCUT2D eigenvalue weighted by molar-refractivity contribution is -0.137. The lowest BCUT2D eigenvalue weighted by atomic mass is 10.1. The van der Waals surface area contributed by atoms with Gasteiger partial charge in [-0.15, -0.1) is 0 Å². The van der Waals surface area contributed by atoms with Gasteiger partial charge in [-0.1, -0.05) is 25.1 Å². The highest BCUT2D eigenvalue weighted by atomic mass is 16.5. The largest absolute Gasteiger partial charge is 0.494 e. The number of carboxylic acids is 1. The Bertz CT molecular complexity index is 818. The van der Waals surface area contributed by atoms with Crippen LogP contribution >= 0.6 is 0 Å². The van der Waals surface area contributed by atoms with Crippen LogP contribution in [-0.4, -0.2) is 29.5 Å². The van der Waals surface area contributed by atoms with Crippen molar-refractivity contribution in [3.63, 3.8) is 0 Å². The molecular formula is C21H24N2O5. The molecule has 7 nitrogen and oxygen atoms in total. The topological polar surface area (TPSA) is 105 Å². The van der Waals surface area contributed by atoms with Crippen molar-refractivity contribution in [1.29, 1.82) is 0 Å². The quantitative estimate of drug-likeness (QED) is 0.546. The fourth-order valence-electron chi connectivity index (χ4n) is 2.39. The number of amides is 2. The van der Waals surface area contributed by atoms with E-state index in [1.54, 1.807) is 43.3 Å². The van der Waals surface area contributed by atoms with Crippen LogP contribution in [0.1, 0.15) is 42.1 Å². The summed E-state index contributed by atoms with van der Waals surface area (Å²) in [4.78, 5) is 34.2. The number of carbonyl (C=O) groups is 3. The molecule has 2 aromatic rings. The molecule has 0 bridgehead atoms. The Balaban J connectivity index is 1.83. The third kappa shape index (κ3) is 7.11. The molecule has 0 saturated carbocycles. The van der Waals surface area contributed by atoms with Gasteiger partial charge >= 0.3 is 5.97 Å². The van der Waals surface area contributed by atoms with Crippen molar-refractivity contribution in [2.75, 3.05) is 11.9 Å². The van der Waals surface area contributed by atoms with Gasteiger partial charge in [-0.3, -0.25) is 14.4 Å². The summed E-state index contributed by atoms with van der Waals surface area (Å²) in [5.74, 6) is -0.530. The molecule has 0 unspecified atom stereocenters. The zero-order valence-electron chi connectivity index (χ0n) is 15.7. The second kappa shape index (κ2) is 10.7. The maximum absolute atomic E-state index is 12.3. The summed E-state index contributed by atoms with van der Waals surface area (Å²) < 4.78 is 5.48. The molecule has 2 amide bonds. The van der Waals surface area contributed by atoms with Crippen LogP contribution < -0.4 is 15.4 Å². The van der Waals surface area contributed by atoms with E-state index < -0.39 is 5.97 Å². The summed E-state index contributed by atoms with van der Waals surface area (Å²) in [6.07, 6.45) is 0.897. The average molecular weight is 384 g/mol. The molecule has 7 heteroatoms. The molecule has 28 heavy (non-hydrogen) atoms. The number of hydrogen-bond donors (Lipinski definition) is 3. The fourth-order valence-corrected chi connectivity index (χ4v) is 2.39. The lowest BCUT2D eigenvalue weighted by Gasteiger charge is -2.09. The Morgan fingerprint density at radius 2 is 1.82 bits per heavy atom. The monoisotopic (exact) mass is 384 g/mol. The van der Waals surface area contributed by atoms with Crippen molar-refractivity contribution >= 4 is 23.5 Å². The molecule has 0 radical (unpaired) electrons. The van der Waals surface area contributed by atoms with Gasteiger partial charge in [0.1, 0.15) is 5.75 Å². The van der Waals surface area contributed by atoms with Crippen molar-refractivity contribution in [2.24, 2.45) is 0 Å². The molecule has 0 saturated heterocycles. The molecule has 0 atom stereocenters. The van der Waals surface area contributed by atoms with Gasteiger partial charge in [-0.25, -0.2) is 0 Å². The van der Waals surface area contributed by atoms with Crippen molar-refractivity contribution in [1.82, 2.24) is 5.32 Å². The first-order chi connectivity index (χ1) is 13.5. The van der Waals surface area contributed by atoms with Crippen LogP contribution in [0, 0.1) is 0 Å². The van der Waals surface area contributed by atoms with E-state index in [9.17, 15) is 14.4 Å². The minimum atomic E-state index is -0.840. The smallest absolute Gasteiger partial charge is 0.303 e. The normalized spacial score (nSPS) is 10.2. The van der Waals surface area contributed by atoms with Gasteiger partial charge in [0.05, 0.1) is 6.61 Å². The zero-order valence-corrected chi connectivity index (χ0v) is 15.7. The maximum Gasteiger partial charge on any atom is 0.303 e. The number of ether oxygens (including phenoxy) is 1. The second-order valence-electron chi connectivity index (χ2n) is 6.15. The Hall–Kier alpha value is -3.35. The van der Waals surface area contributed by atoms with Crippen LogP contribution in [0.3, 0.4) is 0 Å². The molecule has 0 aromatic heterocycles. The van der Waals surface area contributed by atoms with Gasteiger partial charge in [0.25, 0.3) is 5.91 Å². The number of nitrogens with one attached hydrogen (secondary N) is 2. The summed E-state index contributed by atoms with van der Waals surface area (Å²) in [5, 5.41) is 14.2. The summed E-state index contributed by atoms with van der Waals surface area (Å²) in [5.41, 5.74) is 1.96. The number of benzene rings is 2. The number of carbonyl (C=O) groups excluding carboxylic acids is 2. The number of carboxylic acid groups (broad SMARTS) is 1. The summed E-state index contributed by atoms with van der Waals surface area (Å²) in [6.45, 7) is 2.45. The van der Waals surface area contributed by atoms with E-state index in [4.69, 9.17) is 9.84 Å². The SMILES string of the molecule is CCC(=O)Nc1cccc(C(=O)NCc2ccc(OCCCC(=O)O)cc2)c1. The molecule has 0 heterocycles. The standard InChI is InChI=1S/C21H24N2O5/c1-2-19(24)23-17-6-3-5-16(13-17)21(27)22-14-15-8-10-18(11-9-15)28-12-4-7-20(25)26/h3,5-6,8-11,13H,2,4,7,12,14H2,1H3,(H,22,27)(H,23,24)(H,25,26). The van der Waals surface area contributed by atoms with E-state index in [1.807, 2.05) is 12.1 Å². The fraction of sp³-hybridized carbons (Fsp3) is 0.286. The predicted octanol–water partition coefficient (Wildman–Crippen LogP) is 3.21. The molecule has 0 aliphatic heterocycles. The molecule has 0 fully saturated rings. The molecule has 0 spiro atoms. The molecule has 2 rings (SSSR count).